The SMILES string of the molecule is CCO.NC1CC1.O=CO.[C-]#[N+]c1ccc(N)c(NC2CC2)c1.[C-]#[N+]c1ccc([N+](=O)[O-])c(F)c1.[C-]#[N+]c1ccc([N+](=O)[O-])c(NC2CC2)c1.[C-]#[N+]c1ccc2ncn(C3CC3)c2c1. The van der Waals surface area contributed by atoms with E-state index in [0.29, 0.717) is 46.9 Å². The molecule has 332 valence electrons. The average molecular weight is 875 g/mol. The lowest BCUT2D eigenvalue weighted by molar-refractivity contribution is -0.387. The summed E-state index contributed by atoms with van der Waals surface area (Å²) in [5.41, 5.74) is 16.4. The summed E-state index contributed by atoms with van der Waals surface area (Å²) in [6.45, 7) is 28.9. The van der Waals surface area contributed by atoms with Crippen molar-refractivity contribution in [1.82, 2.24) is 9.55 Å². The molecule has 4 fully saturated rings. The van der Waals surface area contributed by atoms with Crippen LogP contribution in [0.1, 0.15) is 64.3 Å². The highest BCUT2D eigenvalue weighted by Gasteiger charge is 2.26. The number of aromatic nitrogens is 2. The van der Waals surface area contributed by atoms with Gasteiger partial charge in [-0.05, 0) is 107 Å². The van der Waals surface area contributed by atoms with Gasteiger partial charge in [0.2, 0.25) is 0 Å². The third-order valence-corrected chi connectivity index (χ3v) is 8.85. The van der Waals surface area contributed by atoms with E-state index in [2.05, 4.69) is 39.6 Å². The standard InChI is InChI=1S/C11H9N3.C10H9N3O2.C10H11N3.C7H3FN2O2.C3H7N.C2H6O.CH2O2/c1-12-8-2-5-10-11(6-8)14(7-13-10)9-3-4-9;1-11-8-4-5-10(13(14)15)9(6-8)12-7-2-3-7;1-12-8-4-5-9(11)10(6-8)13-7-2-3-7;1-9-5-2-3-7(10(11)12)6(8)4-5;4-3-1-2-3;1-2-3;2-1-3/h2,5-7,9H,3-4H2;4-7,12H,2-3H2;4-7,13H,2-3,11H2;2-4H;3H,1-2,4H2;3H,2H2,1H3;1H,(H,2,3). The number of nitrogen functional groups attached to an aromatic ring is 1. The zero-order chi connectivity index (χ0) is 47.2. The van der Waals surface area contributed by atoms with Crippen molar-refractivity contribution in [2.45, 2.75) is 82.5 Å². The molecule has 9 rings (SSSR count). The molecule has 1 aromatic heterocycles. The summed E-state index contributed by atoms with van der Waals surface area (Å²) in [6.07, 6.45) is 11.4. The smallest absolute Gasteiger partial charge is 0.302 e. The maximum atomic E-state index is 12.7. The van der Waals surface area contributed by atoms with Gasteiger partial charge < -0.3 is 36.9 Å². The van der Waals surface area contributed by atoms with Crippen LogP contribution in [0.4, 0.5) is 55.6 Å². The minimum absolute atomic E-state index is 0.0364. The highest BCUT2D eigenvalue weighted by Crippen LogP contribution is 2.38. The molecular formula is C44H47FN12O7. The van der Waals surface area contributed by atoms with Gasteiger partial charge in [0.25, 0.3) is 12.2 Å². The van der Waals surface area contributed by atoms with Crippen molar-refractivity contribution in [2.75, 3.05) is 23.0 Å². The first-order chi connectivity index (χ1) is 30.7. The van der Waals surface area contributed by atoms with Crippen molar-refractivity contribution < 1.29 is 29.2 Å². The minimum atomic E-state index is -0.978. The van der Waals surface area contributed by atoms with Gasteiger partial charge in [0, 0.05) is 48.6 Å². The molecule has 0 saturated heterocycles. The van der Waals surface area contributed by atoms with Gasteiger partial charge in [-0.15, -0.1) is 0 Å². The second-order valence-electron chi connectivity index (χ2n) is 14.2. The normalized spacial score (nSPS) is 13.6. The molecule has 19 nitrogen and oxygen atoms in total. The van der Waals surface area contributed by atoms with Gasteiger partial charge in [-0.3, -0.25) is 25.0 Å². The molecule has 64 heavy (non-hydrogen) atoms. The number of aliphatic hydroxyl groups is 1. The molecule has 8 N–H and O–H groups in total. The maximum absolute atomic E-state index is 12.7. The molecule has 20 heteroatoms. The molecule has 0 radical (unpaired) electrons. The van der Waals surface area contributed by atoms with E-state index in [9.17, 15) is 24.6 Å². The first kappa shape index (κ1) is 50.2. The molecule has 5 aromatic rings. The first-order valence-corrected chi connectivity index (χ1v) is 19.8. The molecule has 0 atom stereocenters. The number of nitrogens with one attached hydrogen (secondary N) is 2. The highest BCUT2D eigenvalue weighted by molar-refractivity contribution is 5.80. The summed E-state index contributed by atoms with van der Waals surface area (Å²) in [6, 6.07) is 20.5. The molecule has 0 amide bonds. The summed E-state index contributed by atoms with van der Waals surface area (Å²) < 4.78 is 14.9. The van der Waals surface area contributed by atoms with Gasteiger partial charge in [0.15, 0.2) is 28.6 Å². The molecule has 0 aliphatic heterocycles. The van der Waals surface area contributed by atoms with E-state index in [1.54, 1.807) is 25.1 Å². The highest BCUT2D eigenvalue weighted by atomic mass is 19.1. The van der Waals surface area contributed by atoms with Crippen molar-refractivity contribution in [1.29, 1.82) is 0 Å². The van der Waals surface area contributed by atoms with Gasteiger partial charge in [0.1, 0.15) is 5.69 Å². The number of fused-ring (bicyclic) bond motifs is 1. The number of hydrogen-bond acceptors (Lipinski definition) is 11. The van der Waals surface area contributed by atoms with E-state index in [4.69, 9.17) is 52.8 Å². The zero-order valence-electron chi connectivity index (χ0n) is 34.8. The molecule has 4 saturated carbocycles. The number of nitrogens with two attached hydrogens (primary N) is 2. The molecule has 1 heterocycles. The van der Waals surface area contributed by atoms with Crippen LogP contribution in [0, 0.1) is 52.3 Å². The summed E-state index contributed by atoms with van der Waals surface area (Å²) in [5.74, 6) is -0.978. The largest absolute Gasteiger partial charge is 0.483 e. The maximum Gasteiger partial charge on any atom is 0.302 e. The van der Waals surface area contributed by atoms with Crippen LogP contribution in [0.5, 0.6) is 0 Å². The van der Waals surface area contributed by atoms with Gasteiger partial charge in [-0.25, -0.2) is 28.8 Å². The number of hydrogen-bond donors (Lipinski definition) is 6. The van der Waals surface area contributed by atoms with Crippen LogP contribution < -0.4 is 22.1 Å². The Morgan fingerprint density at radius 3 is 1.62 bits per heavy atom. The quantitative estimate of drug-likeness (QED) is 0.0294. The van der Waals surface area contributed by atoms with Gasteiger partial charge in [-0.2, -0.15) is 0 Å². The van der Waals surface area contributed by atoms with E-state index in [0.717, 1.165) is 47.4 Å². The van der Waals surface area contributed by atoms with E-state index in [1.165, 1.54) is 62.8 Å². The first-order valence-electron chi connectivity index (χ1n) is 19.8. The second kappa shape index (κ2) is 25.6. The number of rotatable bonds is 7. The molecule has 4 aliphatic carbocycles. The van der Waals surface area contributed by atoms with Crippen molar-refractivity contribution >= 4 is 68.7 Å². The topological polar surface area (TPSA) is 255 Å². The molecule has 0 spiro atoms. The van der Waals surface area contributed by atoms with E-state index in [1.807, 2.05) is 24.5 Å². The third kappa shape index (κ3) is 17.4. The summed E-state index contributed by atoms with van der Waals surface area (Å²) in [5, 5.41) is 41.6. The van der Waals surface area contributed by atoms with Crippen LogP contribution in [0.2, 0.25) is 0 Å². The van der Waals surface area contributed by atoms with Crippen LogP contribution >= 0.6 is 0 Å². The number of benzene rings is 4. The molecular weight excluding hydrogens is 828 g/mol. The third-order valence-electron chi connectivity index (χ3n) is 8.85. The Hall–Kier alpha value is -8.17. The number of carboxylic acid groups (broad SMARTS) is 1. The van der Waals surface area contributed by atoms with Crippen LogP contribution in [-0.4, -0.2) is 60.8 Å². The van der Waals surface area contributed by atoms with Crippen LogP contribution in [-0.2, 0) is 4.79 Å². The fourth-order valence-corrected chi connectivity index (χ4v) is 5.04. The van der Waals surface area contributed by atoms with E-state index >= 15 is 0 Å². The molecule has 0 unspecified atom stereocenters. The number of halogens is 1. The lowest BCUT2D eigenvalue weighted by atomic mass is 10.2. The van der Waals surface area contributed by atoms with Gasteiger partial charge in [0.05, 0.1) is 59.2 Å². The summed E-state index contributed by atoms with van der Waals surface area (Å²) in [7, 11) is 0. The summed E-state index contributed by atoms with van der Waals surface area (Å²) in [4.78, 5) is 45.2. The Morgan fingerprint density at radius 1 is 0.766 bits per heavy atom. The van der Waals surface area contributed by atoms with Gasteiger partial charge >= 0.3 is 5.69 Å². The van der Waals surface area contributed by atoms with Crippen molar-refractivity contribution in [3.8, 4) is 0 Å². The van der Waals surface area contributed by atoms with Crippen LogP contribution in [0.3, 0.4) is 0 Å². The Balaban J connectivity index is 0.000000212. The molecule has 4 aliphatic rings. The molecule has 0 bridgehead atoms. The Labute approximate surface area is 368 Å². The minimum Gasteiger partial charge on any atom is -0.483 e. The number of carbonyl (C=O) groups is 1. The van der Waals surface area contributed by atoms with Gasteiger partial charge in [-0.1, -0.05) is 12.1 Å². The van der Waals surface area contributed by atoms with Crippen molar-refractivity contribution in [3.05, 3.63) is 151 Å². The van der Waals surface area contributed by atoms with Crippen LogP contribution in [0.15, 0.2) is 79.1 Å². The fourth-order valence-electron chi connectivity index (χ4n) is 5.04. The average Bonchev–Trinajstić information content (AvgIpc) is 4.04. The predicted octanol–water partition coefficient (Wildman–Crippen LogP) is 10.1. The molecule has 4 aromatic carbocycles. The Bertz CT molecular complexity index is 2540. The predicted molar refractivity (Wildman–Crippen MR) is 242 cm³/mol. The second-order valence-corrected chi connectivity index (χ2v) is 14.2. The number of nitro benzene ring substituents is 2. The van der Waals surface area contributed by atoms with Crippen molar-refractivity contribution in [2.24, 2.45) is 5.73 Å². The van der Waals surface area contributed by atoms with E-state index < -0.39 is 21.4 Å². The Morgan fingerprint density at radius 2 is 1.19 bits per heavy atom. The number of aliphatic hydroxyl groups excluding tert-OH is 1. The van der Waals surface area contributed by atoms with Crippen LogP contribution in [0.25, 0.3) is 30.4 Å². The van der Waals surface area contributed by atoms with E-state index in [-0.39, 0.29) is 24.5 Å². The fraction of sp³-hybridized carbons (Fsp3) is 0.318. The Kier molecular flexibility index (Phi) is 20.0. The monoisotopic (exact) mass is 874 g/mol. The zero-order valence-corrected chi connectivity index (χ0v) is 34.8. The number of nitro groups is 2. The number of imidazole rings is 1. The van der Waals surface area contributed by atoms with Crippen molar-refractivity contribution in [3.63, 3.8) is 0 Å². The number of anilines is 3. The number of nitrogens with zero attached hydrogens (tertiary/aromatic N) is 8. The lowest BCUT2D eigenvalue weighted by Gasteiger charge is -2.07. The lowest BCUT2D eigenvalue weighted by Crippen LogP contribution is -2.03. The summed E-state index contributed by atoms with van der Waals surface area (Å²) >= 11 is 0.